The third-order valence-corrected chi connectivity index (χ3v) is 4.79. The SMILES string of the molecule is CCNC(=NCC(O)c1ccc(Cl)s1)NCC#Cc1cccc(C(F)(F)F)c1. The van der Waals surface area contributed by atoms with Crippen LogP contribution in [0.15, 0.2) is 41.4 Å². The van der Waals surface area contributed by atoms with Crippen molar-refractivity contribution < 1.29 is 18.3 Å². The third-order valence-electron chi connectivity index (χ3n) is 3.46. The van der Waals surface area contributed by atoms with Crippen LogP contribution in [0.4, 0.5) is 13.2 Å². The Morgan fingerprint density at radius 2 is 2.07 bits per heavy atom. The van der Waals surface area contributed by atoms with E-state index in [2.05, 4.69) is 27.5 Å². The molecule has 2 aromatic rings. The van der Waals surface area contributed by atoms with E-state index >= 15 is 0 Å². The fraction of sp³-hybridized carbons (Fsp3) is 0.316. The molecule has 1 atom stereocenters. The van der Waals surface area contributed by atoms with E-state index in [1.807, 2.05) is 6.92 Å². The van der Waals surface area contributed by atoms with Crippen LogP contribution in [0.5, 0.6) is 0 Å². The number of thiophene rings is 1. The molecule has 0 bridgehead atoms. The van der Waals surface area contributed by atoms with Crippen LogP contribution in [0, 0.1) is 11.8 Å². The molecule has 1 heterocycles. The molecule has 1 unspecified atom stereocenters. The zero-order valence-corrected chi connectivity index (χ0v) is 16.5. The van der Waals surface area contributed by atoms with Crippen LogP contribution in [-0.4, -0.2) is 30.7 Å². The van der Waals surface area contributed by atoms with Crippen molar-refractivity contribution in [2.24, 2.45) is 4.99 Å². The van der Waals surface area contributed by atoms with E-state index < -0.39 is 17.8 Å². The zero-order valence-electron chi connectivity index (χ0n) is 15.0. The molecule has 0 aliphatic rings. The van der Waals surface area contributed by atoms with Gasteiger partial charge in [-0.2, -0.15) is 13.2 Å². The maximum Gasteiger partial charge on any atom is 0.416 e. The Hall–Kier alpha value is -2.21. The second-order valence-electron chi connectivity index (χ2n) is 5.61. The van der Waals surface area contributed by atoms with Crippen molar-refractivity contribution >= 4 is 28.9 Å². The summed E-state index contributed by atoms with van der Waals surface area (Å²) in [5, 5.41) is 16.1. The number of nitrogens with one attached hydrogen (secondary N) is 2. The van der Waals surface area contributed by atoms with Gasteiger partial charge in [-0.1, -0.05) is 29.5 Å². The van der Waals surface area contributed by atoms with Gasteiger partial charge in [0.2, 0.25) is 0 Å². The van der Waals surface area contributed by atoms with E-state index in [9.17, 15) is 18.3 Å². The van der Waals surface area contributed by atoms with Crippen molar-refractivity contribution in [1.29, 1.82) is 0 Å². The summed E-state index contributed by atoms with van der Waals surface area (Å²) in [5.74, 6) is 5.90. The minimum absolute atomic E-state index is 0.132. The standard InChI is InChI=1S/C19H19ClF3N3OS/c1-2-24-18(26-12-15(27)16-8-9-17(20)28-16)25-10-4-6-13-5-3-7-14(11-13)19(21,22)23/h3,5,7-9,11,15,27H,2,10,12H2,1H3,(H2,24,25,26). The first-order valence-electron chi connectivity index (χ1n) is 8.41. The van der Waals surface area contributed by atoms with Gasteiger partial charge >= 0.3 is 6.18 Å². The molecule has 0 aliphatic carbocycles. The number of rotatable bonds is 5. The van der Waals surface area contributed by atoms with Gasteiger partial charge < -0.3 is 15.7 Å². The van der Waals surface area contributed by atoms with Gasteiger partial charge in [-0.05, 0) is 37.3 Å². The molecule has 0 saturated carbocycles. The summed E-state index contributed by atoms with van der Waals surface area (Å²) in [6.45, 7) is 2.81. The molecule has 1 aromatic carbocycles. The molecule has 150 valence electrons. The number of aliphatic hydroxyl groups excluding tert-OH is 1. The number of aliphatic imine (C=N–C) groups is 1. The number of benzene rings is 1. The van der Waals surface area contributed by atoms with Gasteiger partial charge in [0.1, 0.15) is 6.10 Å². The largest absolute Gasteiger partial charge is 0.416 e. The first-order valence-corrected chi connectivity index (χ1v) is 9.60. The lowest BCUT2D eigenvalue weighted by Gasteiger charge is -2.10. The minimum atomic E-state index is -4.39. The number of guanidine groups is 1. The highest BCUT2D eigenvalue weighted by atomic mass is 35.5. The summed E-state index contributed by atoms with van der Waals surface area (Å²) in [7, 11) is 0. The Kier molecular flexibility index (Phi) is 8.18. The van der Waals surface area contributed by atoms with Crippen molar-refractivity contribution in [3.05, 3.63) is 56.7 Å². The van der Waals surface area contributed by atoms with Crippen molar-refractivity contribution in [1.82, 2.24) is 10.6 Å². The monoisotopic (exact) mass is 429 g/mol. The van der Waals surface area contributed by atoms with Crippen LogP contribution in [0.2, 0.25) is 4.34 Å². The summed E-state index contributed by atoms with van der Waals surface area (Å²) >= 11 is 7.14. The predicted molar refractivity (Wildman–Crippen MR) is 107 cm³/mol. The lowest BCUT2D eigenvalue weighted by Crippen LogP contribution is -2.37. The molecule has 0 amide bonds. The minimum Gasteiger partial charge on any atom is -0.386 e. The van der Waals surface area contributed by atoms with Crippen LogP contribution in [0.3, 0.4) is 0 Å². The fourth-order valence-electron chi connectivity index (χ4n) is 2.16. The first kappa shape index (κ1) is 22.1. The Balaban J connectivity index is 1.94. The average molecular weight is 430 g/mol. The molecule has 1 aromatic heterocycles. The topological polar surface area (TPSA) is 56.7 Å². The summed E-state index contributed by atoms with van der Waals surface area (Å²) in [6.07, 6.45) is -5.17. The first-order chi connectivity index (χ1) is 13.3. The van der Waals surface area contributed by atoms with E-state index in [0.717, 1.165) is 12.1 Å². The van der Waals surface area contributed by atoms with Crippen LogP contribution in [0.1, 0.15) is 29.0 Å². The van der Waals surface area contributed by atoms with Crippen molar-refractivity contribution in [3.63, 3.8) is 0 Å². The molecule has 4 nitrogen and oxygen atoms in total. The van der Waals surface area contributed by atoms with Gasteiger partial charge in [-0.15, -0.1) is 11.3 Å². The molecule has 0 spiro atoms. The summed E-state index contributed by atoms with van der Waals surface area (Å²) in [4.78, 5) is 5.00. The highest BCUT2D eigenvalue weighted by molar-refractivity contribution is 7.16. The molecule has 3 N–H and O–H groups in total. The summed E-state index contributed by atoms with van der Waals surface area (Å²) in [5.41, 5.74) is -0.451. The number of aliphatic hydroxyl groups is 1. The molecule has 28 heavy (non-hydrogen) atoms. The maximum absolute atomic E-state index is 12.7. The molecule has 9 heteroatoms. The molecule has 0 radical (unpaired) electrons. The molecular formula is C19H19ClF3N3OS. The Labute approximate surface area is 170 Å². The number of hydrogen-bond acceptors (Lipinski definition) is 3. The van der Waals surface area contributed by atoms with E-state index in [1.165, 1.54) is 23.5 Å². The van der Waals surface area contributed by atoms with E-state index in [0.29, 0.717) is 21.7 Å². The van der Waals surface area contributed by atoms with E-state index in [4.69, 9.17) is 11.6 Å². The summed E-state index contributed by atoms with van der Waals surface area (Å²) in [6, 6.07) is 8.31. The highest BCUT2D eigenvalue weighted by Crippen LogP contribution is 2.29. The Bertz CT molecular complexity index is 871. The van der Waals surface area contributed by atoms with Crippen molar-refractivity contribution in [2.75, 3.05) is 19.6 Å². The molecule has 2 rings (SSSR count). The third kappa shape index (κ3) is 7.08. The normalized spacial score (nSPS) is 12.9. The van der Waals surface area contributed by atoms with Gasteiger partial charge in [0.25, 0.3) is 0 Å². The van der Waals surface area contributed by atoms with Gasteiger partial charge in [-0.25, -0.2) is 0 Å². The number of alkyl halides is 3. The quantitative estimate of drug-likeness (QED) is 0.381. The zero-order chi connectivity index (χ0) is 20.6. The number of halogens is 4. The lowest BCUT2D eigenvalue weighted by atomic mass is 10.1. The van der Waals surface area contributed by atoms with Crippen molar-refractivity contribution in [2.45, 2.75) is 19.2 Å². The van der Waals surface area contributed by atoms with Gasteiger partial charge in [0.15, 0.2) is 5.96 Å². The summed E-state index contributed by atoms with van der Waals surface area (Å²) < 4.78 is 38.7. The highest BCUT2D eigenvalue weighted by Gasteiger charge is 2.30. The molecule has 0 aliphatic heterocycles. The second kappa shape index (κ2) is 10.4. The van der Waals surface area contributed by atoms with Crippen LogP contribution < -0.4 is 10.6 Å². The van der Waals surface area contributed by atoms with Gasteiger partial charge in [0, 0.05) is 17.0 Å². The smallest absolute Gasteiger partial charge is 0.386 e. The van der Waals surface area contributed by atoms with Crippen molar-refractivity contribution in [3.8, 4) is 11.8 Å². The van der Waals surface area contributed by atoms with Crippen LogP contribution in [0.25, 0.3) is 0 Å². The molecule has 0 saturated heterocycles. The Morgan fingerprint density at radius 3 is 2.71 bits per heavy atom. The van der Waals surface area contributed by atoms with Gasteiger partial charge in [0.05, 0.1) is 23.0 Å². The fourth-order valence-corrected chi connectivity index (χ4v) is 3.20. The number of hydrogen-bond donors (Lipinski definition) is 3. The van der Waals surface area contributed by atoms with Gasteiger partial charge in [-0.3, -0.25) is 4.99 Å². The molecular weight excluding hydrogens is 411 g/mol. The Morgan fingerprint density at radius 1 is 1.29 bits per heavy atom. The maximum atomic E-state index is 12.7. The van der Waals surface area contributed by atoms with E-state index in [-0.39, 0.29) is 18.7 Å². The number of nitrogens with zero attached hydrogens (tertiary/aromatic N) is 1. The molecule has 0 fully saturated rings. The van der Waals surface area contributed by atoms with Crippen LogP contribution in [-0.2, 0) is 6.18 Å². The predicted octanol–water partition coefficient (Wildman–Crippen LogP) is 4.06. The average Bonchev–Trinajstić information content (AvgIpc) is 3.09. The lowest BCUT2D eigenvalue weighted by molar-refractivity contribution is -0.137. The van der Waals surface area contributed by atoms with Crippen LogP contribution >= 0.6 is 22.9 Å². The second-order valence-corrected chi connectivity index (χ2v) is 7.36. The van der Waals surface area contributed by atoms with E-state index in [1.54, 1.807) is 12.1 Å².